The van der Waals surface area contributed by atoms with Crippen molar-refractivity contribution in [2.75, 3.05) is 43.3 Å². The smallest absolute Gasteiger partial charge is 0.255 e. The van der Waals surface area contributed by atoms with Crippen LogP contribution in [-0.2, 0) is 0 Å². The molecule has 0 aliphatic carbocycles. The number of aromatic nitrogens is 2. The second kappa shape index (κ2) is 8.55. The van der Waals surface area contributed by atoms with Gasteiger partial charge in [0.2, 0.25) is 5.95 Å². The number of hydrogen-bond acceptors (Lipinski definition) is 6. The van der Waals surface area contributed by atoms with E-state index in [2.05, 4.69) is 15.3 Å². The molecule has 0 saturated carbocycles. The first-order valence-electron chi connectivity index (χ1n) is 8.90. The van der Waals surface area contributed by atoms with Gasteiger partial charge in [0.15, 0.2) is 5.82 Å². The van der Waals surface area contributed by atoms with Crippen molar-refractivity contribution < 1.29 is 13.9 Å². The SMILES string of the molecule is CN(C)c1ncc(NC(=O)c2cccc(Oc3ccc(F)cc3)c2)c(N(C)C)n1. The van der Waals surface area contributed by atoms with Crippen LogP contribution >= 0.6 is 0 Å². The Hall–Kier alpha value is -3.68. The van der Waals surface area contributed by atoms with Gasteiger partial charge in [-0.15, -0.1) is 0 Å². The summed E-state index contributed by atoms with van der Waals surface area (Å²) in [6.07, 6.45) is 1.58. The fourth-order valence-corrected chi connectivity index (χ4v) is 2.54. The quantitative estimate of drug-likeness (QED) is 0.685. The van der Waals surface area contributed by atoms with Crippen LogP contribution in [0.1, 0.15) is 10.4 Å². The van der Waals surface area contributed by atoms with Crippen molar-refractivity contribution in [3.8, 4) is 11.5 Å². The van der Waals surface area contributed by atoms with Gasteiger partial charge < -0.3 is 19.9 Å². The Morgan fingerprint density at radius 1 is 1.00 bits per heavy atom. The molecule has 29 heavy (non-hydrogen) atoms. The highest BCUT2D eigenvalue weighted by atomic mass is 19.1. The molecule has 0 atom stereocenters. The van der Waals surface area contributed by atoms with Crippen LogP contribution in [0, 0.1) is 5.82 Å². The molecule has 3 rings (SSSR count). The van der Waals surface area contributed by atoms with Crippen molar-refractivity contribution in [1.29, 1.82) is 0 Å². The summed E-state index contributed by atoms with van der Waals surface area (Å²) < 4.78 is 18.7. The maximum Gasteiger partial charge on any atom is 0.255 e. The zero-order chi connectivity index (χ0) is 21.0. The molecule has 0 radical (unpaired) electrons. The number of anilines is 3. The van der Waals surface area contributed by atoms with Gasteiger partial charge in [-0.1, -0.05) is 6.07 Å². The zero-order valence-corrected chi connectivity index (χ0v) is 16.7. The minimum absolute atomic E-state index is 0.321. The van der Waals surface area contributed by atoms with Crippen LogP contribution in [0.5, 0.6) is 11.5 Å². The molecule has 0 saturated heterocycles. The number of carbonyl (C=O) groups excluding carboxylic acids is 1. The molecular formula is C21H22FN5O2. The Balaban J connectivity index is 1.80. The minimum atomic E-state index is -0.343. The molecule has 0 aliphatic rings. The van der Waals surface area contributed by atoms with Crippen LogP contribution in [0.3, 0.4) is 0 Å². The molecule has 0 bridgehead atoms. The lowest BCUT2D eigenvalue weighted by atomic mass is 10.2. The first-order chi connectivity index (χ1) is 13.8. The normalized spacial score (nSPS) is 10.4. The fourth-order valence-electron chi connectivity index (χ4n) is 2.54. The highest BCUT2D eigenvalue weighted by Gasteiger charge is 2.15. The summed E-state index contributed by atoms with van der Waals surface area (Å²) in [6, 6.07) is 12.4. The summed E-state index contributed by atoms with van der Waals surface area (Å²) in [5.41, 5.74) is 0.904. The summed E-state index contributed by atoms with van der Waals surface area (Å²) in [6.45, 7) is 0. The molecule has 7 nitrogen and oxygen atoms in total. The Morgan fingerprint density at radius 3 is 2.38 bits per heavy atom. The summed E-state index contributed by atoms with van der Waals surface area (Å²) in [5.74, 6) is 1.42. The topological polar surface area (TPSA) is 70.6 Å². The average Bonchev–Trinajstić information content (AvgIpc) is 2.70. The van der Waals surface area contributed by atoms with Crippen molar-refractivity contribution in [3.05, 3.63) is 66.1 Å². The fraction of sp³-hybridized carbons (Fsp3) is 0.190. The number of carbonyl (C=O) groups is 1. The monoisotopic (exact) mass is 395 g/mol. The maximum atomic E-state index is 13.0. The van der Waals surface area contributed by atoms with E-state index in [9.17, 15) is 9.18 Å². The lowest BCUT2D eigenvalue weighted by Gasteiger charge is -2.19. The molecule has 8 heteroatoms. The summed E-state index contributed by atoms with van der Waals surface area (Å²) >= 11 is 0. The highest BCUT2D eigenvalue weighted by Crippen LogP contribution is 2.25. The van der Waals surface area contributed by atoms with Crippen LogP contribution in [0.4, 0.5) is 21.8 Å². The van der Waals surface area contributed by atoms with Gasteiger partial charge in [0.25, 0.3) is 5.91 Å². The molecule has 0 aliphatic heterocycles. The zero-order valence-electron chi connectivity index (χ0n) is 16.7. The van der Waals surface area contributed by atoms with E-state index in [1.54, 1.807) is 40.3 Å². The molecule has 1 N–H and O–H groups in total. The van der Waals surface area contributed by atoms with Crippen molar-refractivity contribution in [1.82, 2.24) is 9.97 Å². The van der Waals surface area contributed by atoms with Crippen LogP contribution < -0.4 is 19.9 Å². The summed E-state index contributed by atoms with van der Waals surface area (Å²) in [7, 11) is 7.38. The van der Waals surface area contributed by atoms with E-state index in [0.29, 0.717) is 34.5 Å². The Kier molecular flexibility index (Phi) is 5.92. The summed E-state index contributed by atoms with van der Waals surface area (Å²) in [5, 5.41) is 2.84. The lowest BCUT2D eigenvalue weighted by Crippen LogP contribution is -2.21. The van der Waals surface area contributed by atoms with Crippen LogP contribution in [0.25, 0.3) is 0 Å². The molecule has 1 amide bonds. The number of hydrogen-bond donors (Lipinski definition) is 1. The van der Waals surface area contributed by atoms with Crippen molar-refractivity contribution in [3.63, 3.8) is 0 Å². The second-order valence-electron chi connectivity index (χ2n) is 6.73. The number of nitrogens with zero attached hydrogens (tertiary/aromatic N) is 4. The van der Waals surface area contributed by atoms with E-state index in [-0.39, 0.29) is 11.7 Å². The second-order valence-corrected chi connectivity index (χ2v) is 6.73. The number of ether oxygens (including phenoxy) is 1. The average molecular weight is 395 g/mol. The predicted octanol–water partition coefficient (Wildman–Crippen LogP) is 3.79. The molecule has 1 heterocycles. The molecule has 0 unspecified atom stereocenters. The van der Waals surface area contributed by atoms with Crippen molar-refractivity contribution in [2.24, 2.45) is 0 Å². The lowest BCUT2D eigenvalue weighted by molar-refractivity contribution is 0.102. The summed E-state index contributed by atoms with van der Waals surface area (Å²) in [4.78, 5) is 25.1. The number of nitrogens with one attached hydrogen (secondary N) is 1. The van der Waals surface area contributed by atoms with Crippen molar-refractivity contribution in [2.45, 2.75) is 0 Å². The number of benzene rings is 2. The van der Waals surface area contributed by atoms with E-state index in [1.807, 2.05) is 28.2 Å². The van der Waals surface area contributed by atoms with Gasteiger partial charge in [-0.3, -0.25) is 4.79 Å². The number of halogens is 1. The molecule has 0 spiro atoms. The maximum absolute atomic E-state index is 13.0. The van der Waals surface area contributed by atoms with E-state index >= 15 is 0 Å². The molecule has 1 aromatic heterocycles. The minimum Gasteiger partial charge on any atom is -0.457 e. The largest absolute Gasteiger partial charge is 0.457 e. The third-order valence-corrected chi connectivity index (χ3v) is 3.97. The predicted molar refractivity (Wildman–Crippen MR) is 112 cm³/mol. The van der Waals surface area contributed by atoms with Gasteiger partial charge in [-0.25, -0.2) is 9.37 Å². The molecule has 3 aromatic rings. The molecule has 2 aromatic carbocycles. The van der Waals surface area contributed by atoms with E-state index < -0.39 is 0 Å². The first-order valence-corrected chi connectivity index (χ1v) is 8.90. The Morgan fingerprint density at radius 2 is 1.72 bits per heavy atom. The van der Waals surface area contributed by atoms with E-state index in [4.69, 9.17) is 4.74 Å². The van der Waals surface area contributed by atoms with Gasteiger partial charge in [0.05, 0.1) is 6.20 Å². The van der Waals surface area contributed by atoms with Gasteiger partial charge in [-0.2, -0.15) is 4.98 Å². The van der Waals surface area contributed by atoms with Gasteiger partial charge >= 0.3 is 0 Å². The van der Waals surface area contributed by atoms with E-state index in [1.165, 1.54) is 24.3 Å². The molecular weight excluding hydrogens is 373 g/mol. The first kappa shape index (κ1) is 20.1. The Labute approximate surface area is 168 Å². The Bertz CT molecular complexity index is 1010. The third kappa shape index (κ3) is 4.98. The van der Waals surface area contributed by atoms with Crippen LogP contribution in [-0.4, -0.2) is 44.1 Å². The molecule has 150 valence electrons. The standard InChI is InChI=1S/C21H22FN5O2/c1-26(2)19-18(13-23-21(25-19)27(3)4)24-20(28)14-6-5-7-17(12-14)29-16-10-8-15(22)9-11-16/h5-13H,1-4H3,(H,24,28). The molecule has 0 fully saturated rings. The van der Waals surface area contributed by atoms with Crippen molar-refractivity contribution >= 4 is 23.4 Å². The van der Waals surface area contributed by atoms with Gasteiger partial charge in [-0.05, 0) is 42.5 Å². The van der Waals surface area contributed by atoms with Crippen LogP contribution in [0.2, 0.25) is 0 Å². The van der Waals surface area contributed by atoms with Crippen LogP contribution in [0.15, 0.2) is 54.7 Å². The van der Waals surface area contributed by atoms with Gasteiger partial charge in [0, 0.05) is 33.8 Å². The van der Waals surface area contributed by atoms with E-state index in [0.717, 1.165) is 0 Å². The third-order valence-electron chi connectivity index (χ3n) is 3.97. The number of amides is 1. The number of rotatable bonds is 6. The highest BCUT2D eigenvalue weighted by molar-refractivity contribution is 6.05. The van der Waals surface area contributed by atoms with Gasteiger partial charge in [0.1, 0.15) is 23.0 Å².